The molecular formula is C46H94O4. The summed E-state index contributed by atoms with van der Waals surface area (Å²) in [5.74, 6) is 5.85. The second kappa shape index (κ2) is 27.4. The molecule has 10 atom stereocenters. The average molecular weight is 711 g/mol. The van der Waals surface area contributed by atoms with Gasteiger partial charge in [0, 0.05) is 0 Å². The first kappa shape index (κ1) is 49.8. The van der Waals surface area contributed by atoms with Crippen LogP contribution in [0.15, 0.2) is 0 Å². The SMILES string of the molecule is CC(C(C)[C@H]1COC(C)(C)O1)[C@H]1COC(C)(C)O1.CC1CCC[C@@H]1C.CC1CCC[C@H]1C.CCCCC(C)CCC.CCCC[C@@H](C)CCC. The molecule has 2 heterocycles. The number of ether oxygens (including phenoxy) is 4. The Hall–Kier alpha value is -0.160. The Morgan fingerprint density at radius 1 is 0.480 bits per heavy atom. The van der Waals surface area contributed by atoms with Gasteiger partial charge in [-0.05, 0) is 75.0 Å². The quantitative estimate of drug-likeness (QED) is 0.191. The van der Waals surface area contributed by atoms with E-state index in [9.17, 15) is 0 Å². The highest BCUT2D eigenvalue weighted by Crippen LogP contribution is 2.36. The third-order valence-electron chi connectivity index (χ3n) is 12.3. The van der Waals surface area contributed by atoms with E-state index in [4.69, 9.17) is 18.9 Å². The molecule has 0 spiro atoms. The molecule has 0 aromatic heterocycles. The molecule has 50 heavy (non-hydrogen) atoms. The second-order valence-electron chi connectivity index (χ2n) is 18.3. The lowest BCUT2D eigenvalue weighted by Crippen LogP contribution is -2.36. The Bertz CT molecular complexity index is 700. The number of unbranched alkanes of at least 4 members (excludes halogenated alkanes) is 2. The molecule has 0 aromatic rings. The third-order valence-corrected chi connectivity index (χ3v) is 12.3. The molecule has 2 saturated carbocycles. The molecule has 5 unspecified atom stereocenters. The van der Waals surface area contributed by atoms with Gasteiger partial charge in [-0.25, -0.2) is 0 Å². The molecule has 0 bridgehead atoms. The van der Waals surface area contributed by atoms with E-state index in [0.29, 0.717) is 25.0 Å². The van der Waals surface area contributed by atoms with Crippen molar-refractivity contribution in [1.29, 1.82) is 0 Å². The first-order valence-corrected chi connectivity index (χ1v) is 22.1. The molecule has 0 radical (unpaired) electrons. The molecule has 4 rings (SSSR count). The first-order valence-electron chi connectivity index (χ1n) is 22.1. The second-order valence-corrected chi connectivity index (χ2v) is 18.3. The lowest BCUT2D eigenvalue weighted by atomic mass is 9.87. The van der Waals surface area contributed by atoms with Crippen molar-refractivity contribution >= 4 is 0 Å². The maximum absolute atomic E-state index is 5.92. The number of rotatable bonds is 13. The van der Waals surface area contributed by atoms with Crippen molar-refractivity contribution in [2.75, 3.05) is 13.2 Å². The van der Waals surface area contributed by atoms with Gasteiger partial charge < -0.3 is 18.9 Å². The van der Waals surface area contributed by atoms with E-state index in [2.05, 4.69) is 83.1 Å². The highest BCUT2D eigenvalue weighted by Gasteiger charge is 2.43. The molecule has 0 aromatic carbocycles. The topological polar surface area (TPSA) is 36.9 Å². The van der Waals surface area contributed by atoms with Crippen molar-refractivity contribution in [1.82, 2.24) is 0 Å². The Labute approximate surface area is 316 Å². The lowest BCUT2D eigenvalue weighted by molar-refractivity contribution is -0.158. The van der Waals surface area contributed by atoms with Crippen LogP contribution >= 0.6 is 0 Å². The van der Waals surface area contributed by atoms with Crippen LogP contribution in [0.1, 0.15) is 214 Å². The summed E-state index contributed by atoms with van der Waals surface area (Å²) in [5.41, 5.74) is 0. The molecule has 302 valence electrons. The summed E-state index contributed by atoms with van der Waals surface area (Å²) in [5, 5.41) is 0. The van der Waals surface area contributed by atoms with Crippen molar-refractivity contribution < 1.29 is 18.9 Å². The zero-order valence-electron chi connectivity index (χ0n) is 37.1. The fourth-order valence-corrected chi connectivity index (χ4v) is 7.67. The van der Waals surface area contributed by atoms with Crippen LogP contribution in [0.3, 0.4) is 0 Å². The van der Waals surface area contributed by atoms with E-state index in [-0.39, 0.29) is 12.2 Å². The third kappa shape index (κ3) is 22.8. The first-order chi connectivity index (χ1) is 23.4. The molecule has 4 fully saturated rings. The number of hydrogen-bond donors (Lipinski definition) is 0. The van der Waals surface area contributed by atoms with Gasteiger partial charge in [0.05, 0.1) is 25.4 Å². The van der Waals surface area contributed by atoms with Crippen LogP contribution in [-0.4, -0.2) is 37.0 Å². The zero-order valence-corrected chi connectivity index (χ0v) is 37.1. The van der Waals surface area contributed by atoms with E-state index < -0.39 is 11.6 Å². The van der Waals surface area contributed by atoms with Crippen molar-refractivity contribution in [3.8, 4) is 0 Å². The number of hydrogen-bond acceptors (Lipinski definition) is 4. The maximum atomic E-state index is 5.92. The highest BCUT2D eigenvalue weighted by atomic mass is 16.7. The Morgan fingerprint density at radius 3 is 0.960 bits per heavy atom. The summed E-state index contributed by atoms with van der Waals surface area (Å²) in [4.78, 5) is 0. The summed E-state index contributed by atoms with van der Waals surface area (Å²) >= 11 is 0. The van der Waals surface area contributed by atoms with Gasteiger partial charge in [-0.1, -0.05) is 186 Å². The summed E-state index contributed by atoms with van der Waals surface area (Å²) in [6.07, 6.45) is 23.1. The van der Waals surface area contributed by atoms with Crippen molar-refractivity contribution in [2.45, 2.75) is 237 Å². The largest absolute Gasteiger partial charge is 0.348 e. The molecule has 2 aliphatic carbocycles. The molecule has 0 amide bonds. The van der Waals surface area contributed by atoms with Gasteiger partial charge in [0.25, 0.3) is 0 Å². The van der Waals surface area contributed by atoms with E-state index in [1.54, 1.807) is 0 Å². The van der Waals surface area contributed by atoms with Crippen molar-refractivity contribution in [3.63, 3.8) is 0 Å². The van der Waals surface area contributed by atoms with Crippen LogP contribution in [-0.2, 0) is 18.9 Å². The van der Waals surface area contributed by atoms with Gasteiger partial charge >= 0.3 is 0 Å². The van der Waals surface area contributed by atoms with Gasteiger partial charge in [-0.3, -0.25) is 0 Å². The molecule has 2 saturated heterocycles. The fourth-order valence-electron chi connectivity index (χ4n) is 7.67. The van der Waals surface area contributed by atoms with E-state index in [1.807, 2.05) is 27.7 Å². The summed E-state index contributed by atoms with van der Waals surface area (Å²) in [6, 6.07) is 0. The molecule has 2 aliphatic heterocycles. The molecule has 4 aliphatic rings. The van der Waals surface area contributed by atoms with Crippen molar-refractivity contribution in [2.24, 2.45) is 47.3 Å². The van der Waals surface area contributed by atoms with E-state index >= 15 is 0 Å². The monoisotopic (exact) mass is 711 g/mol. The smallest absolute Gasteiger partial charge is 0.163 e. The normalized spacial score (nSPS) is 30.2. The highest BCUT2D eigenvalue weighted by molar-refractivity contribution is 4.85. The van der Waals surface area contributed by atoms with Crippen LogP contribution in [0.25, 0.3) is 0 Å². The van der Waals surface area contributed by atoms with Gasteiger partial charge in [-0.2, -0.15) is 0 Å². The Balaban J connectivity index is 0.000000642. The fraction of sp³-hybridized carbons (Fsp3) is 1.00. The van der Waals surface area contributed by atoms with E-state index in [1.165, 1.54) is 103 Å². The van der Waals surface area contributed by atoms with Crippen LogP contribution in [0.5, 0.6) is 0 Å². The molecule has 0 N–H and O–H groups in total. The minimum Gasteiger partial charge on any atom is -0.348 e. The summed E-state index contributed by atoms with van der Waals surface area (Å²) in [7, 11) is 0. The molecular weight excluding hydrogens is 617 g/mol. The minimum atomic E-state index is -0.453. The predicted octanol–water partition coefficient (Wildman–Crippen LogP) is 14.7. The van der Waals surface area contributed by atoms with Crippen molar-refractivity contribution in [3.05, 3.63) is 0 Å². The van der Waals surface area contributed by atoms with E-state index in [0.717, 1.165) is 35.5 Å². The summed E-state index contributed by atoms with van der Waals surface area (Å²) < 4.78 is 23.1. The maximum Gasteiger partial charge on any atom is 0.163 e. The van der Waals surface area contributed by atoms with Gasteiger partial charge in [0.15, 0.2) is 11.6 Å². The summed E-state index contributed by atoms with van der Waals surface area (Å²) in [6.45, 7) is 36.8. The molecule has 4 nitrogen and oxygen atoms in total. The Kier molecular flexibility index (Phi) is 27.3. The van der Waals surface area contributed by atoms with Crippen LogP contribution < -0.4 is 0 Å². The standard InChI is InChI=1S/C14H26O4.2C9H20.2C7H14/c1-9(11-7-15-13(3,4)17-11)10(2)12-8-16-14(5,6)18-12;2*1-4-6-8-9(3)7-5-2;2*1-6-4-3-5-7(6)2/h9-12H,7-8H2,1-6H3;2*9H,4-8H2,1-3H3;2*6-7H,3-5H2,1-2H3/t9?,10?,11-,12-;9-;;2*6-,7?/m10.10/s1. The lowest BCUT2D eigenvalue weighted by Gasteiger charge is -2.29. The van der Waals surface area contributed by atoms with Crippen LogP contribution in [0, 0.1) is 47.3 Å². The zero-order chi connectivity index (χ0) is 38.3. The van der Waals surface area contributed by atoms with Gasteiger partial charge in [-0.15, -0.1) is 0 Å². The van der Waals surface area contributed by atoms with Gasteiger partial charge in [0.2, 0.25) is 0 Å². The Morgan fingerprint density at radius 2 is 0.780 bits per heavy atom. The predicted molar refractivity (Wildman–Crippen MR) is 220 cm³/mol. The van der Waals surface area contributed by atoms with Gasteiger partial charge in [0.1, 0.15) is 0 Å². The molecule has 4 heteroatoms. The van der Waals surface area contributed by atoms with Crippen LogP contribution in [0.2, 0.25) is 0 Å². The van der Waals surface area contributed by atoms with Crippen LogP contribution in [0.4, 0.5) is 0 Å². The average Bonchev–Trinajstić information content (AvgIpc) is 3.84. The minimum absolute atomic E-state index is 0.141.